The number of likely N-dealkylation sites (tertiary alicyclic amines) is 1. The number of fused-ring (bicyclic) bond motifs is 1. The van der Waals surface area contributed by atoms with Gasteiger partial charge in [-0.1, -0.05) is 30.3 Å². The predicted molar refractivity (Wildman–Crippen MR) is 116 cm³/mol. The van der Waals surface area contributed by atoms with Crippen LogP contribution in [0, 0.1) is 0 Å². The lowest BCUT2D eigenvalue weighted by molar-refractivity contribution is 0.183. The van der Waals surface area contributed by atoms with Crippen LogP contribution < -0.4 is 5.32 Å². The number of nitrogens with zero attached hydrogens (tertiary/aromatic N) is 3. The zero-order valence-corrected chi connectivity index (χ0v) is 17.4. The molecule has 2 atom stereocenters. The van der Waals surface area contributed by atoms with Gasteiger partial charge in [0, 0.05) is 37.6 Å². The van der Waals surface area contributed by atoms with Gasteiger partial charge in [-0.15, -0.1) is 11.3 Å². The molecular formula is C22H30N4OS. The molecule has 0 amide bonds. The minimum absolute atomic E-state index is 0.243. The van der Waals surface area contributed by atoms with Crippen molar-refractivity contribution in [3.8, 4) is 0 Å². The van der Waals surface area contributed by atoms with Gasteiger partial charge in [-0.3, -0.25) is 9.89 Å². The maximum absolute atomic E-state index is 9.92. The van der Waals surface area contributed by atoms with Gasteiger partial charge in [-0.2, -0.15) is 0 Å². The summed E-state index contributed by atoms with van der Waals surface area (Å²) < 4.78 is 0. The lowest BCUT2D eigenvalue weighted by atomic mass is 10.0. The highest BCUT2D eigenvalue weighted by Crippen LogP contribution is 2.30. The molecule has 0 radical (unpaired) electrons. The van der Waals surface area contributed by atoms with Crippen LogP contribution in [0.4, 0.5) is 0 Å². The van der Waals surface area contributed by atoms with Gasteiger partial charge < -0.3 is 15.3 Å². The lowest BCUT2D eigenvalue weighted by Crippen LogP contribution is -2.41. The summed E-state index contributed by atoms with van der Waals surface area (Å²) in [5.74, 6) is 0.924. The quantitative estimate of drug-likeness (QED) is 0.601. The van der Waals surface area contributed by atoms with Gasteiger partial charge in [0.15, 0.2) is 5.96 Å². The number of hydrogen-bond donors (Lipinski definition) is 2. The van der Waals surface area contributed by atoms with E-state index in [1.54, 1.807) is 0 Å². The van der Waals surface area contributed by atoms with E-state index in [2.05, 4.69) is 63.8 Å². The monoisotopic (exact) mass is 398 g/mol. The Morgan fingerprint density at radius 1 is 1.29 bits per heavy atom. The Hall–Kier alpha value is -1.89. The number of nitrogens with one attached hydrogen (secondary N) is 1. The summed E-state index contributed by atoms with van der Waals surface area (Å²) in [6.07, 6.45) is 1.70. The van der Waals surface area contributed by atoms with Crippen molar-refractivity contribution in [2.75, 3.05) is 32.7 Å². The smallest absolute Gasteiger partial charge is 0.194 e. The Labute approximate surface area is 171 Å². The van der Waals surface area contributed by atoms with E-state index in [9.17, 15) is 5.11 Å². The van der Waals surface area contributed by atoms with Crippen LogP contribution in [0.3, 0.4) is 0 Å². The number of guanidine groups is 1. The second-order valence-electron chi connectivity index (χ2n) is 7.60. The Balaban J connectivity index is 1.55. The molecule has 4 rings (SSSR count). The summed E-state index contributed by atoms with van der Waals surface area (Å²) in [5, 5.41) is 15.5. The summed E-state index contributed by atoms with van der Waals surface area (Å²) in [4.78, 5) is 11.3. The molecule has 0 aliphatic carbocycles. The van der Waals surface area contributed by atoms with Crippen molar-refractivity contribution in [2.24, 2.45) is 4.99 Å². The molecule has 0 spiro atoms. The minimum Gasteiger partial charge on any atom is -0.391 e. The normalized spacial score (nSPS) is 21.6. The predicted octanol–water partition coefficient (Wildman–Crippen LogP) is 2.88. The Morgan fingerprint density at radius 3 is 2.89 bits per heavy atom. The first kappa shape index (κ1) is 19.4. The first-order valence-electron chi connectivity index (χ1n) is 10.3. The number of aliphatic hydroxyl groups is 1. The largest absolute Gasteiger partial charge is 0.391 e. The van der Waals surface area contributed by atoms with Crippen molar-refractivity contribution < 1.29 is 5.11 Å². The van der Waals surface area contributed by atoms with E-state index in [0.29, 0.717) is 6.54 Å². The summed E-state index contributed by atoms with van der Waals surface area (Å²) in [6, 6.07) is 13.3. The van der Waals surface area contributed by atoms with Crippen LogP contribution in [0.25, 0.3) is 0 Å². The number of thiophene rings is 1. The van der Waals surface area contributed by atoms with E-state index in [1.165, 1.54) is 16.0 Å². The first-order valence-corrected chi connectivity index (χ1v) is 11.2. The zero-order chi connectivity index (χ0) is 19.3. The average Bonchev–Trinajstić information content (AvgIpc) is 3.36. The van der Waals surface area contributed by atoms with Crippen molar-refractivity contribution in [2.45, 2.75) is 38.5 Å². The molecule has 6 heteroatoms. The first-order chi connectivity index (χ1) is 13.7. The van der Waals surface area contributed by atoms with E-state index < -0.39 is 0 Å². The number of β-amino-alcohol motifs (C(OH)–C–C–N with tert-alkyl or cyclic N) is 1. The van der Waals surface area contributed by atoms with Gasteiger partial charge in [0.25, 0.3) is 0 Å². The van der Waals surface area contributed by atoms with E-state index in [0.717, 1.165) is 51.5 Å². The molecule has 1 saturated heterocycles. The van der Waals surface area contributed by atoms with Gasteiger partial charge in [0.2, 0.25) is 0 Å². The van der Waals surface area contributed by atoms with E-state index in [-0.39, 0.29) is 12.1 Å². The fraction of sp³-hybridized carbons (Fsp3) is 0.500. The Morgan fingerprint density at radius 2 is 2.14 bits per heavy atom. The maximum Gasteiger partial charge on any atom is 0.194 e. The Bertz CT molecular complexity index is 791. The lowest BCUT2D eigenvalue weighted by Gasteiger charge is -2.34. The van der Waals surface area contributed by atoms with Crippen LogP contribution in [0.15, 0.2) is 46.8 Å². The minimum atomic E-state index is -0.243. The maximum atomic E-state index is 9.92. The molecule has 1 unspecified atom stereocenters. The van der Waals surface area contributed by atoms with Crippen LogP contribution in [0.2, 0.25) is 0 Å². The molecule has 3 heterocycles. The molecule has 1 aromatic heterocycles. The zero-order valence-electron chi connectivity index (χ0n) is 16.6. The van der Waals surface area contributed by atoms with E-state index in [4.69, 9.17) is 4.99 Å². The third kappa shape index (κ3) is 4.40. The van der Waals surface area contributed by atoms with Crippen LogP contribution >= 0.6 is 11.3 Å². The van der Waals surface area contributed by atoms with E-state index >= 15 is 0 Å². The number of aliphatic imine (C=N–C) groups is 1. The highest BCUT2D eigenvalue weighted by Gasteiger charge is 2.27. The summed E-state index contributed by atoms with van der Waals surface area (Å²) in [5.41, 5.74) is 2.79. The van der Waals surface area contributed by atoms with Crippen molar-refractivity contribution in [1.82, 2.24) is 15.1 Å². The van der Waals surface area contributed by atoms with Crippen LogP contribution in [0.1, 0.15) is 35.4 Å². The van der Waals surface area contributed by atoms with Crippen LogP contribution in [0.5, 0.6) is 0 Å². The molecular weight excluding hydrogens is 368 g/mol. The molecule has 5 nitrogen and oxygen atoms in total. The fourth-order valence-electron chi connectivity index (χ4n) is 4.18. The number of aliphatic hydroxyl groups excluding tert-OH is 1. The van der Waals surface area contributed by atoms with Crippen molar-refractivity contribution in [3.63, 3.8) is 0 Å². The summed E-state index contributed by atoms with van der Waals surface area (Å²) in [7, 11) is 0. The summed E-state index contributed by atoms with van der Waals surface area (Å²) in [6.45, 7) is 7.25. The van der Waals surface area contributed by atoms with Gasteiger partial charge >= 0.3 is 0 Å². The van der Waals surface area contributed by atoms with Crippen molar-refractivity contribution in [3.05, 3.63) is 57.8 Å². The molecule has 0 bridgehead atoms. The molecule has 1 fully saturated rings. The van der Waals surface area contributed by atoms with Gasteiger partial charge in [-0.05, 0) is 42.3 Å². The molecule has 2 aliphatic heterocycles. The van der Waals surface area contributed by atoms with Crippen LogP contribution in [-0.2, 0) is 13.0 Å². The highest BCUT2D eigenvalue weighted by atomic mass is 32.1. The summed E-state index contributed by atoms with van der Waals surface area (Å²) >= 11 is 1.88. The Kier molecular flexibility index (Phi) is 6.29. The number of rotatable bonds is 5. The highest BCUT2D eigenvalue weighted by molar-refractivity contribution is 7.10. The van der Waals surface area contributed by atoms with Crippen molar-refractivity contribution in [1.29, 1.82) is 0 Å². The second kappa shape index (κ2) is 9.07. The molecule has 150 valence electrons. The molecule has 2 aliphatic rings. The SMILES string of the molecule is CCNC(=NCC(c1ccccc1)N1CCc2sccc2C1)N1CC[C@@H](O)C1. The van der Waals surface area contributed by atoms with Gasteiger partial charge in [0.1, 0.15) is 0 Å². The van der Waals surface area contributed by atoms with Crippen molar-refractivity contribution >= 4 is 17.3 Å². The average molecular weight is 399 g/mol. The molecule has 0 saturated carbocycles. The van der Waals surface area contributed by atoms with Crippen LogP contribution in [-0.4, -0.2) is 59.7 Å². The topological polar surface area (TPSA) is 51.1 Å². The third-order valence-corrected chi connectivity index (χ3v) is 6.70. The third-order valence-electron chi connectivity index (χ3n) is 5.67. The van der Waals surface area contributed by atoms with Gasteiger partial charge in [0.05, 0.1) is 18.7 Å². The standard InChI is InChI=1S/C22H30N4OS/c1-2-23-22(26-11-8-19(27)16-26)24-14-20(17-6-4-3-5-7-17)25-12-9-21-18(15-25)10-13-28-21/h3-7,10,13,19-20,27H,2,8-9,11-12,14-16H2,1H3,(H,23,24)/t19-,20?/m1/s1. The van der Waals surface area contributed by atoms with E-state index in [1.807, 2.05) is 11.3 Å². The molecule has 1 aromatic carbocycles. The molecule has 28 heavy (non-hydrogen) atoms. The fourth-order valence-corrected chi connectivity index (χ4v) is 5.07. The number of hydrogen-bond acceptors (Lipinski definition) is 4. The molecule has 2 N–H and O–H groups in total. The molecule has 2 aromatic rings. The second-order valence-corrected chi connectivity index (χ2v) is 8.60. The number of benzene rings is 1. The van der Waals surface area contributed by atoms with Gasteiger partial charge in [-0.25, -0.2) is 0 Å².